The molecular formula is C15H14N6O4S. The average molecular weight is 374 g/mol. The number of carbonyl (C=O) groups is 2. The molecule has 134 valence electrons. The number of aromatic nitrogens is 1. The fourth-order valence-corrected chi connectivity index (χ4v) is 2.55. The molecule has 26 heavy (non-hydrogen) atoms. The van der Waals surface area contributed by atoms with Gasteiger partial charge in [-0.3, -0.25) is 10.1 Å². The van der Waals surface area contributed by atoms with Crippen molar-refractivity contribution in [2.24, 2.45) is 16.0 Å². The molecule has 4 N–H and O–H groups in total. The Morgan fingerprint density at radius 2 is 2.19 bits per heavy atom. The number of benzene rings is 1. The minimum atomic E-state index is -0.878. The number of amides is 2. The van der Waals surface area contributed by atoms with Gasteiger partial charge < -0.3 is 15.6 Å². The van der Waals surface area contributed by atoms with Gasteiger partial charge in [0.05, 0.1) is 30.1 Å². The number of azo groups is 1. The lowest BCUT2D eigenvalue weighted by Gasteiger charge is -2.10. The molecule has 0 unspecified atom stereocenters. The van der Waals surface area contributed by atoms with Gasteiger partial charge in [0.2, 0.25) is 5.69 Å². The topological polar surface area (TPSA) is 144 Å². The van der Waals surface area contributed by atoms with Crippen molar-refractivity contribution in [3.8, 4) is 5.75 Å². The van der Waals surface area contributed by atoms with Crippen LogP contribution in [-0.4, -0.2) is 28.1 Å². The normalized spacial score (nSPS) is 10.5. The summed E-state index contributed by atoms with van der Waals surface area (Å²) in [5.41, 5.74) is 5.89. The van der Waals surface area contributed by atoms with Gasteiger partial charge in [-0.1, -0.05) is 0 Å². The van der Waals surface area contributed by atoms with E-state index in [0.717, 1.165) is 17.6 Å². The molecule has 1 aromatic heterocycles. The van der Waals surface area contributed by atoms with E-state index in [1.54, 1.807) is 13.8 Å². The first-order valence-corrected chi connectivity index (χ1v) is 8.00. The molecular weight excluding hydrogens is 360 g/mol. The summed E-state index contributed by atoms with van der Waals surface area (Å²) in [7, 11) is 0. The van der Waals surface area contributed by atoms with Crippen molar-refractivity contribution in [3.63, 3.8) is 0 Å². The van der Waals surface area contributed by atoms with Gasteiger partial charge in [-0.2, -0.15) is 0 Å². The molecule has 0 saturated carbocycles. The van der Waals surface area contributed by atoms with Gasteiger partial charge in [0.15, 0.2) is 5.00 Å². The lowest BCUT2D eigenvalue weighted by molar-refractivity contribution is 0.0997. The number of anilines is 1. The molecule has 0 fully saturated rings. The van der Waals surface area contributed by atoms with E-state index in [0.29, 0.717) is 5.69 Å². The summed E-state index contributed by atoms with van der Waals surface area (Å²) in [6.45, 7) is 10.6. The predicted molar refractivity (Wildman–Crippen MR) is 94.6 cm³/mol. The van der Waals surface area contributed by atoms with Crippen molar-refractivity contribution in [1.82, 2.24) is 4.37 Å². The summed E-state index contributed by atoms with van der Waals surface area (Å²) in [6.07, 6.45) is -0.773. The second-order valence-electron chi connectivity index (χ2n) is 4.83. The number of nitrogens with one attached hydrogen (secondary N) is 1. The molecule has 10 nitrogen and oxygen atoms in total. The molecule has 0 aliphatic heterocycles. The van der Waals surface area contributed by atoms with Crippen molar-refractivity contribution in [2.45, 2.75) is 13.8 Å². The zero-order valence-corrected chi connectivity index (χ0v) is 14.6. The first kappa shape index (κ1) is 18.8. The summed E-state index contributed by atoms with van der Waals surface area (Å²) < 4.78 is 8.80. The molecule has 0 spiro atoms. The third kappa shape index (κ3) is 4.11. The quantitative estimate of drug-likeness (QED) is 0.539. The van der Waals surface area contributed by atoms with Crippen LogP contribution in [0.4, 0.5) is 26.9 Å². The van der Waals surface area contributed by atoms with Gasteiger partial charge in [0.1, 0.15) is 11.4 Å². The highest BCUT2D eigenvalue weighted by molar-refractivity contribution is 7.10. The number of nitrogens with zero attached hydrogens (tertiary/aromatic N) is 4. The summed E-state index contributed by atoms with van der Waals surface area (Å²) in [6, 6.07) is 2.28. The monoisotopic (exact) mass is 374 g/mol. The van der Waals surface area contributed by atoms with Crippen LogP contribution in [0, 0.1) is 13.5 Å². The Morgan fingerprint density at radius 1 is 1.46 bits per heavy atom. The van der Waals surface area contributed by atoms with Gasteiger partial charge >= 0.3 is 6.09 Å². The number of nitrogens with two attached hydrogens (primary N) is 1. The molecule has 1 aromatic carbocycles. The van der Waals surface area contributed by atoms with Gasteiger partial charge in [-0.15, -0.1) is 10.2 Å². The van der Waals surface area contributed by atoms with Crippen LogP contribution in [0.15, 0.2) is 22.4 Å². The molecule has 0 aliphatic rings. The van der Waals surface area contributed by atoms with Crippen molar-refractivity contribution < 1.29 is 19.4 Å². The summed E-state index contributed by atoms with van der Waals surface area (Å²) >= 11 is 0.984. The number of rotatable bonds is 5. The van der Waals surface area contributed by atoms with Crippen molar-refractivity contribution in [3.05, 3.63) is 34.8 Å². The fourth-order valence-electron chi connectivity index (χ4n) is 1.88. The summed E-state index contributed by atoms with van der Waals surface area (Å²) in [5.74, 6) is -1.31. The molecule has 2 aromatic rings. The SMILES string of the molecule is [C-]#[N+]c1c(C)nsc1N=Nc1cc(C(N)=O)c(O)cc1NC(=O)OCC. The zero-order chi connectivity index (χ0) is 19.3. The standard InChI is InChI=1S/C15H14N6O4S/c1-4-25-15(24)18-9-6-11(22)8(13(16)23)5-10(9)19-20-14-12(17-3)7(2)21-26-14/h5-6,22H,4H2,1-2H3,(H2,16,23)(H,18,24). The molecule has 0 aliphatic carbocycles. The molecule has 2 rings (SSSR count). The largest absolute Gasteiger partial charge is 0.507 e. The number of hydrogen-bond acceptors (Lipinski definition) is 8. The first-order chi connectivity index (χ1) is 12.4. The van der Waals surface area contributed by atoms with E-state index >= 15 is 0 Å². The zero-order valence-electron chi connectivity index (χ0n) is 13.8. The first-order valence-electron chi connectivity index (χ1n) is 7.23. The molecule has 0 atom stereocenters. The molecule has 0 radical (unpaired) electrons. The molecule has 0 bridgehead atoms. The van der Waals surface area contributed by atoms with Crippen LogP contribution < -0.4 is 11.1 Å². The average Bonchev–Trinajstić information content (AvgIpc) is 2.93. The lowest BCUT2D eigenvalue weighted by atomic mass is 10.1. The number of primary amides is 1. The van der Waals surface area contributed by atoms with Crippen LogP contribution in [0.2, 0.25) is 0 Å². The Hall–Kier alpha value is -3.52. The molecule has 11 heteroatoms. The maximum atomic E-state index is 11.6. The Labute approximate surface area is 152 Å². The Bertz CT molecular complexity index is 931. The van der Waals surface area contributed by atoms with E-state index in [1.807, 2.05) is 0 Å². The number of aryl methyl sites for hydroxylation is 1. The van der Waals surface area contributed by atoms with E-state index in [4.69, 9.17) is 17.0 Å². The van der Waals surface area contributed by atoms with Gasteiger partial charge in [-0.25, -0.2) is 14.0 Å². The molecule has 1 heterocycles. The van der Waals surface area contributed by atoms with Crippen LogP contribution in [0.3, 0.4) is 0 Å². The van der Waals surface area contributed by atoms with Crippen LogP contribution in [-0.2, 0) is 4.74 Å². The number of hydrogen-bond donors (Lipinski definition) is 3. The van der Waals surface area contributed by atoms with E-state index in [9.17, 15) is 14.7 Å². The summed E-state index contributed by atoms with van der Waals surface area (Å²) in [5, 5.41) is 20.5. The highest BCUT2D eigenvalue weighted by atomic mass is 32.1. The van der Waals surface area contributed by atoms with Crippen LogP contribution in [0.25, 0.3) is 4.85 Å². The van der Waals surface area contributed by atoms with Crippen molar-refractivity contribution >= 4 is 45.6 Å². The molecule has 0 saturated heterocycles. The number of phenols is 1. The van der Waals surface area contributed by atoms with Crippen molar-refractivity contribution in [2.75, 3.05) is 11.9 Å². The third-order valence-corrected chi connectivity index (χ3v) is 3.88. The Morgan fingerprint density at radius 3 is 2.81 bits per heavy atom. The van der Waals surface area contributed by atoms with Crippen LogP contribution >= 0.6 is 11.5 Å². The number of carbonyl (C=O) groups excluding carboxylic acids is 2. The van der Waals surface area contributed by atoms with Gasteiger partial charge in [0, 0.05) is 6.07 Å². The highest BCUT2D eigenvalue weighted by Gasteiger charge is 2.16. The second kappa shape index (κ2) is 8.04. The third-order valence-electron chi connectivity index (χ3n) is 3.07. The molecule has 2 amide bonds. The summed E-state index contributed by atoms with van der Waals surface area (Å²) in [4.78, 5) is 26.4. The predicted octanol–water partition coefficient (Wildman–Crippen LogP) is 3.79. The van der Waals surface area contributed by atoms with Gasteiger partial charge in [0.25, 0.3) is 5.91 Å². The second-order valence-corrected chi connectivity index (χ2v) is 5.58. The van der Waals surface area contributed by atoms with Gasteiger partial charge in [-0.05, 0) is 31.4 Å². The van der Waals surface area contributed by atoms with Crippen LogP contribution in [0.5, 0.6) is 5.75 Å². The maximum absolute atomic E-state index is 11.6. The maximum Gasteiger partial charge on any atom is 0.411 e. The smallest absolute Gasteiger partial charge is 0.411 e. The van der Waals surface area contributed by atoms with Crippen LogP contribution in [0.1, 0.15) is 23.0 Å². The number of aromatic hydroxyl groups is 1. The fraction of sp³-hybridized carbons (Fsp3) is 0.200. The van der Waals surface area contributed by atoms with E-state index in [1.165, 1.54) is 6.07 Å². The van der Waals surface area contributed by atoms with E-state index in [-0.39, 0.29) is 34.2 Å². The lowest BCUT2D eigenvalue weighted by Crippen LogP contribution is -2.15. The minimum absolute atomic E-state index is 0.0478. The highest BCUT2D eigenvalue weighted by Crippen LogP contribution is 2.38. The van der Waals surface area contributed by atoms with E-state index < -0.39 is 17.7 Å². The minimum Gasteiger partial charge on any atom is -0.507 e. The number of ether oxygens (including phenoxy) is 1. The Balaban J connectivity index is 2.48. The Kier molecular flexibility index (Phi) is 5.82. The van der Waals surface area contributed by atoms with Crippen molar-refractivity contribution in [1.29, 1.82) is 0 Å². The van der Waals surface area contributed by atoms with E-state index in [2.05, 4.69) is 24.8 Å².